The van der Waals surface area contributed by atoms with Gasteiger partial charge in [0.2, 0.25) is 11.8 Å². The van der Waals surface area contributed by atoms with Crippen LogP contribution in [0.3, 0.4) is 0 Å². The van der Waals surface area contributed by atoms with Gasteiger partial charge >= 0.3 is 0 Å². The zero-order valence-corrected chi connectivity index (χ0v) is 14.3. The lowest BCUT2D eigenvalue weighted by Gasteiger charge is -2.23. The Morgan fingerprint density at radius 3 is 2.92 bits per heavy atom. The molecule has 0 N–H and O–H groups in total. The topological polar surface area (TPSA) is 67.7 Å². The van der Waals surface area contributed by atoms with Gasteiger partial charge < -0.3 is 14.5 Å². The minimum absolute atomic E-state index is 0.155. The molecule has 1 atom stereocenters. The van der Waals surface area contributed by atoms with Crippen molar-refractivity contribution < 1.29 is 14.3 Å². The number of rotatable bonds is 7. The molecule has 2 fully saturated rings. The zero-order valence-electron chi connectivity index (χ0n) is 14.3. The van der Waals surface area contributed by atoms with Gasteiger partial charge in [-0.05, 0) is 25.3 Å². The average molecular weight is 334 g/mol. The van der Waals surface area contributed by atoms with Crippen molar-refractivity contribution in [2.24, 2.45) is 5.41 Å². The van der Waals surface area contributed by atoms with E-state index >= 15 is 0 Å². The van der Waals surface area contributed by atoms with Crippen LogP contribution in [0.2, 0.25) is 0 Å². The van der Waals surface area contributed by atoms with Crippen LogP contribution in [-0.4, -0.2) is 71.3 Å². The first-order valence-corrected chi connectivity index (χ1v) is 8.68. The van der Waals surface area contributed by atoms with Crippen molar-refractivity contribution in [2.75, 3.05) is 39.9 Å². The highest BCUT2D eigenvalue weighted by Gasteiger charge is 2.51. The number of likely N-dealkylation sites (tertiary alicyclic amines) is 2. The van der Waals surface area contributed by atoms with Gasteiger partial charge in [-0.25, -0.2) is 0 Å². The average Bonchev–Trinajstić information content (AvgIpc) is 3.30. The number of ether oxygens (including phenoxy) is 1. The van der Waals surface area contributed by atoms with E-state index in [2.05, 4.69) is 5.10 Å². The molecule has 132 valence electrons. The molecule has 3 heterocycles. The Hall–Kier alpha value is -1.89. The second kappa shape index (κ2) is 7.34. The largest absolute Gasteiger partial charge is 0.383 e. The quantitative estimate of drug-likeness (QED) is 0.738. The molecule has 0 aliphatic carbocycles. The van der Waals surface area contributed by atoms with E-state index in [4.69, 9.17) is 4.74 Å². The second-order valence-electron chi connectivity index (χ2n) is 6.75. The minimum Gasteiger partial charge on any atom is -0.383 e. The van der Waals surface area contributed by atoms with Crippen LogP contribution in [0.25, 0.3) is 0 Å². The Labute approximate surface area is 142 Å². The first-order valence-electron chi connectivity index (χ1n) is 8.68. The van der Waals surface area contributed by atoms with Gasteiger partial charge in [0, 0.05) is 58.6 Å². The van der Waals surface area contributed by atoms with E-state index in [0.29, 0.717) is 32.7 Å². The fourth-order valence-corrected chi connectivity index (χ4v) is 3.75. The Balaban J connectivity index is 1.47. The van der Waals surface area contributed by atoms with E-state index < -0.39 is 0 Å². The summed E-state index contributed by atoms with van der Waals surface area (Å²) in [5.74, 6) is 0.355. The lowest BCUT2D eigenvalue weighted by atomic mass is 9.85. The molecule has 2 aliphatic heterocycles. The van der Waals surface area contributed by atoms with Crippen molar-refractivity contribution in [3.63, 3.8) is 0 Å². The summed E-state index contributed by atoms with van der Waals surface area (Å²) in [5.41, 5.74) is -0.342. The van der Waals surface area contributed by atoms with Gasteiger partial charge in [0.05, 0.1) is 12.0 Å². The fourth-order valence-electron chi connectivity index (χ4n) is 3.75. The maximum absolute atomic E-state index is 12.7. The molecule has 7 nitrogen and oxygen atoms in total. The van der Waals surface area contributed by atoms with E-state index in [1.807, 2.05) is 26.7 Å². The molecular weight excluding hydrogens is 308 g/mol. The highest BCUT2D eigenvalue weighted by atomic mass is 16.5. The van der Waals surface area contributed by atoms with Gasteiger partial charge in [-0.3, -0.25) is 14.3 Å². The smallest absolute Gasteiger partial charge is 0.230 e. The van der Waals surface area contributed by atoms with E-state index in [9.17, 15) is 9.59 Å². The van der Waals surface area contributed by atoms with Gasteiger partial charge in [-0.15, -0.1) is 0 Å². The summed E-state index contributed by atoms with van der Waals surface area (Å²) in [6, 6.07) is 1.88. The van der Waals surface area contributed by atoms with Crippen LogP contribution in [0, 0.1) is 5.41 Å². The Kier molecular flexibility index (Phi) is 5.18. The number of hydrogen-bond donors (Lipinski definition) is 0. The van der Waals surface area contributed by atoms with E-state index in [-0.39, 0.29) is 17.2 Å². The predicted molar refractivity (Wildman–Crippen MR) is 88.2 cm³/mol. The molecule has 1 spiro atoms. The summed E-state index contributed by atoms with van der Waals surface area (Å²) in [6.07, 6.45) is 6.58. The molecule has 7 heteroatoms. The standard InChI is InChI=1S/C17H26N4O3/c1-24-13-12-19-10-5-17(16(19)23)6-11-20(14-17)15(22)4-2-8-21-9-3-7-18-21/h3,7,9H,2,4-6,8,10-14H2,1H3. The number of carbonyl (C=O) groups is 2. The van der Waals surface area contributed by atoms with Crippen LogP contribution < -0.4 is 0 Å². The van der Waals surface area contributed by atoms with Crippen molar-refractivity contribution in [3.05, 3.63) is 18.5 Å². The number of nitrogens with zero attached hydrogens (tertiary/aromatic N) is 4. The fraction of sp³-hybridized carbons (Fsp3) is 0.706. The summed E-state index contributed by atoms with van der Waals surface area (Å²) in [4.78, 5) is 28.9. The van der Waals surface area contributed by atoms with Crippen molar-refractivity contribution in [3.8, 4) is 0 Å². The third kappa shape index (κ3) is 3.45. The molecule has 1 unspecified atom stereocenters. The number of amides is 2. The van der Waals surface area contributed by atoms with Crippen LogP contribution in [0.1, 0.15) is 25.7 Å². The van der Waals surface area contributed by atoms with Crippen molar-refractivity contribution in [1.29, 1.82) is 0 Å². The number of methoxy groups -OCH3 is 1. The van der Waals surface area contributed by atoms with Gasteiger partial charge in [0.1, 0.15) is 0 Å². The van der Waals surface area contributed by atoms with Crippen molar-refractivity contribution >= 4 is 11.8 Å². The van der Waals surface area contributed by atoms with E-state index in [0.717, 1.165) is 32.4 Å². The SMILES string of the molecule is COCCN1CCC2(CCN(C(=O)CCCn3cccn3)C2)C1=O. The summed E-state index contributed by atoms with van der Waals surface area (Å²) in [7, 11) is 1.65. The molecule has 2 aliphatic rings. The number of aryl methyl sites for hydroxylation is 1. The lowest BCUT2D eigenvalue weighted by molar-refractivity contribution is -0.137. The molecule has 1 aromatic heterocycles. The zero-order chi connectivity index (χ0) is 17.0. The maximum Gasteiger partial charge on any atom is 0.230 e. The van der Waals surface area contributed by atoms with Crippen LogP contribution in [0.5, 0.6) is 0 Å². The van der Waals surface area contributed by atoms with E-state index in [1.165, 1.54) is 0 Å². The first-order chi connectivity index (χ1) is 11.6. The molecular formula is C17H26N4O3. The Morgan fingerprint density at radius 2 is 2.17 bits per heavy atom. The van der Waals surface area contributed by atoms with Crippen molar-refractivity contribution in [2.45, 2.75) is 32.2 Å². The highest BCUT2D eigenvalue weighted by molar-refractivity contribution is 5.87. The Bertz CT molecular complexity index is 574. The summed E-state index contributed by atoms with van der Waals surface area (Å²) >= 11 is 0. The number of hydrogen-bond acceptors (Lipinski definition) is 4. The Morgan fingerprint density at radius 1 is 1.33 bits per heavy atom. The monoisotopic (exact) mass is 334 g/mol. The predicted octanol–water partition coefficient (Wildman–Crippen LogP) is 0.761. The molecule has 3 rings (SSSR count). The van der Waals surface area contributed by atoms with Gasteiger partial charge in [0.15, 0.2) is 0 Å². The molecule has 24 heavy (non-hydrogen) atoms. The molecule has 0 saturated carbocycles. The van der Waals surface area contributed by atoms with Crippen LogP contribution in [0.4, 0.5) is 0 Å². The van der Waals surface area contributed by atoms with Gasteiger partial charge in [-0.2, -0.15) is 5.10 Å². The summed E-state index contributed by atoms with van der Waals surface area (Å²) < 4.78 is 6.91. The third-order valence-corrected chi connectivity index (χ3v) is 5.21. The third-order valence-electron chi connectivity index (χ3n) is 5.21. The minimum atomic E-state index is -0.342. The van der Waals surface area contributed by atoms with Crippen LogP contribution in [-0.2, 0) is 20.9 Å². The summed E-state index contributed by atoms with van der Waals surface area (Å²) in [5, 5.41) is 4.14. The van der Waals surface area contributed by atoms with Crippen LogP contribution in [0.15, 0.2) is 18.5 Å². The molecule has 1 aromatic rings. The molecule has 0 bridgehead atoms. The normalized spacial score (nSPS) is 23.6. The maximum atomic E-state index is 12.7. The highest BCUT2D eigenvalue weighted by Crippen LogP contribution is 2.40. The molecule has 0 radical (unpaired) electrons. The number of carbonyl (C=O) groups excluding carboxylic acids is 2. The van der Waals surface area contributed by atoms with E-state index in [1.54, 1.807) is 13.3 Å². The van der Waals surface area contributed by atoms with Gasteiger partial charge in [0.25, 0.3) is 0 Å². The lowest BCUT2D eigenvalue weighted by Crippen LogP contribution is -2.39. The van der Waals surface area contributed by atoms with Crippen molar-refractivity contribution in [1.82, 2.24) is 19.6 Å². The summed E-state index contributed by atoms with van der Waals surface area (Å²) in [6.45, 7) is 4.03. The second-order valence-corrected chi connectivity index (χ2v) is 6.75. The van der Waals surface area contributed by atoms with Crippen LogP contribution >= 0.6 is 0 Å². The molecule has 0 aromatic carbocycles. The molecule has 2 amide bonds. The number of aromatic nitrogens is 2. The van der Waals surface area contributed by atoms with Gasteiger partial charge in [-0.1, -0.05) is 0 Å². The first kappa shape index (κ1) is 17.0. The molecule has 2 saturated heterocycles.